The van der Waals surface area contributed by atoms with Crippen LogP contribution in [0.15, 0.2) is 136 Å². The summed E-state index contributed by atoms with van der Waals surface area (Å²) in [7, 11) is 3.73. The number of hydrogen-bond donors (Lipinski definition) is 0. The van der Waals surface area contributed by atoms with Gasteiger partial charge in [0.1, 0.15) is 29.8 Å². The number of carbonyl (C=O) groups is 3. The van der Waals surface area contributed by atoms with Crippen LogP contribution in [0.5, 0.6) is 0 Å². The molecule has 4 aliphatic heterocycles. The molecule has 544 valence electrons. The lowest BCUT2D eigenvalue weighted by atomic mass is 10.00. The fraction of sp³-hybridized carbons (Fsp3) is 0.291. The van der Waals surface area contributed by atoms with Gasteiger partial charge >= 0.3 is 0 Å². The quantitative estimate of drug-likeness (QED) is 0.109. The van der Waals surface area contributed by atoms with Gasteiger partial charge in [-0.1, -0.05) is 0 Å². The van der Waals surface area contributed by atoms with Crippen molar-refractivity contribution in [2.75, 3.05) is 120 Å². The van der Waals surface area contributed by atoms with E-state index in [2.05, 4.69) is 115 Å². The van der Waals surface area contributed by atoms with Gasteiger partial charge in [-0.2, -0.15) is 46.4 Å². The number of nitriles is 3. The normalized spacial score (nSPS) is 14.7. The SMILES string of the molecule is C#CC(=O)N1CCN(c2ccc(-c3cc(-c4cnn(C5CCN(COCC)CC5)c4)cn4ncc(C#N)c34)cn2)CC1.C#CC(=O)N1CCN(c2ncc(-c3cc(-c4cnn(C)c4)cn4ncc(C#N)c34)cc2C)CC1.C#CC(=O)N1CCN(c2ncc(-c3cc(-c4cnn(C)c4)cn4ncc(C#N)c34)cn2)CC1. The van der Waals surface area contributed by atoms with Gasteiger partial charge in [0.2, 0.25) is 5.95 Å². The topological polar surface area (TPSA) is 311 Å². The maximum absolute atomic E-state index is 11.8. The average molecular weight is 1450 g/mol. The number of terminal acetylenes is 3. The van der Waals surface area contributed by atoms with Gasteiger partial charge in [-0.05, 0) is 86.4 Å². The zero-order valence-electron chi connectivity index (χ0n) is 60.5. The van der Waals surface area contributed by atoms with Crippen LogP contribution in [0.2, 0.25) is 0 Å². The number of likely N-dealkylation sites (tertiary alicyclic amines) is 1. The Morgan fingerprint density at radius 3 is 1.31 bits per heavy atom. The van der Waals surface area contributed by atoms with Crippen molar-refractivity contribution in [3.05, 3.63) is 158 Å². The van der Waals surface area contributed by atoms with Crippen LogP contribution in [0.25, 0.3) is 83.3 Å². The second-order valence-corrected chi connectivity index (χ2v) is 26.6. The lowest BCUT2D eigenvalue weighted by Crippen LogP contribution is -2.48. The Balaban J connectivity index is 0.000000138. The minimum Gasteiger partial charge on any atom is -0.366 e. The van der Waals surface area contributed by atoms with Crippen LogP contribution in [0.4, 0.5) is 17.6 Å². The Morgan fingerprint density at radius 2 is 0.881 bits per heavy atom. The number of ether oxygens (including phenoxy) is 1. The second-order valence-electron chi connectivity index (χ2n) is 26.6. The minimum absolute atomic E-state index is 0.272. The predicted molar refractivity (Wildman–Crippen MR) is 407 cm³/mol. The van der Waals surface area contributed by atoms with E-state index < -0.39 is 0 Å². The van der Waals surface area contributed by atoms with Crippen LogP contribution < -0.4 is 14.7 Å². The molecule has 30 heteroatoms. The molecule has 0 bridgehead atoms. The number of piperazine rings is 3. The van der Waals surface area contributed by atoms with E-state index in [1.165, 1.54) is 0 Å². The van der Waals surface area contributed by atoms with E-state index in [0.29, 0.717) is 119 Å². The van der Waals surface area contributed by atoms with Gasteiger partial charge in [-0.3, -0.25) is 33.3 Å². The van der Waals surface area contributed by atoms with Crippen molar-refractivity contribution in [2.24, 2.45) is 14.1 Å². The maximum Gasteiger partial charge on any atom is 0.298 e. The third-order valence-corrected chi connectivity index (χ3v) is 20.0. The fourth-order valence-electron chi connectivity index (χ4n) is 14.1. The number of aromatic nitrogens is 16. The monoisotopic (exact) mass is 1450 g/mol. The Hall–Kier alpha value is -14.0. The summed E-state index contributed by atoms with van der Waals surface area (Å²) in [6, 6.07) is 19.3. The Labute approximate surface area is 627 Å². The molecule has 4 aliphatic rings. The number of carbonyl (C=O) groups excluding carboxylic acids is 3. The number of pyridine rings is 5. The molecule has 4 fully saturated rings. The third-order valence-electron chi connectivity index (χ3n) is 20.0. The Morgan fingerprint density at radius 1 is 0.450 bits per heavy atom. The lowest BCUT2D eigenvalue weighted by Gasteiger charge is -2.35. The molecule has 4 saturated heterocycles. The van der Waals surface area contributed by atoms with Gasteiger partial charge in [0, 0.05) is 241 Å². The summed E-state index contributed by atoms with van der Waals surface area (Å²) in [5, 5.41) is 55.5. The van der Waals surface area contributed by atoms with Crippen LogP contribution in [-0.4, -0.2) is 220 Å². The number of fused-ring (bicyclic) bond motifs is 3. The summed E-state index contributed by atoms with van der Waals surface area (Å²) in [6.07, 6.45) is 46.9. The smallest absolute Gasteiger partial charge is 0.298 e. The van der Waals surface area contributed by atoms with Crippen molar-refractivity contribution in [2.45, 2.75) is 32.7 Å². The molecule has 12 aromatic rings. The zero-order chi connectivity index (χ0) is 75.8. The van der Waals surface area contributed by atoms with E-state index in [-0.39, 0.29) is 17.7 Å². The molecule has 109 heavy (non-hydrogen) atoms. The molecule has 0 aromatic carbocycles. The number of piperidine rings is 1. The predicted octanol–water partition coefficient (Wildman–Crippen LogP) is 6.65. The number of rotatable bonds is 13. The highest BCUT2D eigenvalue weighted by Gasteiger charge is 2.28. The van der Waals surface area contributed by atoms with E-state index in [1.807, 2.05) is 101 Å². The van der Waals surface area contributed by atoms with Crippen LogP contribution in [0, 0.1) is 77.9 Å². The zero-order valence-corrected chi connectivity index (χ0v) is 60.5. The van der Waals surface area contributed by atoms with Gasteiger partial charge < -0.3 is 34.1 Å². The van der Waals surface area contributed by atoms with E-state index in [9.17, 15) is 30.2 Å². The highest BCUT2D eigenvalue weighted by atomic mass is 16.5. The molecule has 16 heterocycles. The first-order valence-electron chi connectivity index (χ1n) is 35.5. The number of aryl methyl sites for hydroxylation is 3. The molecule has 0 saturated carbocycles. The summed E-state index contributed by atoms with van der Waals surface area (Å²) in [5.74, 6) is 7.99. The average Bonchev–Trinajstić information content (AvgIpc) is 1.67. The standard InChI is InChI=1S/C31H33N9O2.C25H22N8O.C23H19N9O/c1-3-30(41)38-13-11-37(12-14-38)29-6-5-23(17-33-29)28-15-24(20-40-31(28)25(16-32)18-35-40)26-19-34-39(21-26)27-7-9-36(10-8-27)22-42-4-2;1-4-23(34)31-5-7-32(8-6-31)25-17(2)9-18(12-27-25)22-10-19(21-14-28-30(3)15-21)16-33-24(22)20(11-26)13-29-33;1-3-21(33)30-4-6-31(7-5-30)23-25-10-18(11-26-23)20-8-16(19-13-27-29(2)14-19)15-32-22(20)17(9-24)12-28-32/h1,5-6,15,17-21,27H,4,7-14,22H2,2H3;1,9-10,12-16H,5-8H2,2-3H3;1,8,10-15H,4-7H2,2H3. The third kappa shape index (κ3) is 15.2. The molecular weight excluding hydrogens is 1380 g/mol. The summed E-state index contributed by atoms with van der Waals surface area (Å²) in [4.78, 5) is 67.6. The van der Waals surface area contributed by atoms with Crippen molar-refractivity contribution in [1.82, 2.24) is 97.7 Å². The molecule has 16 rings (SSSR count). The van der Waals surface area contributed by atoms with Gasteiger partial charge in [0.05, 0.1) is 83.2 Å². The molecule has 0 spiro atoms. The Bertz CT molecular complexity index is 5670. The molecule has 0 atom stereocenters. The molecular formula is C79H74N26O4. The van der Waals surface area contributed by atoms with Gasteiger partial charge in [0.15, 0.2) is 0 Å². The number of anilines is 3. The summed E-state index contributed by atoms with van der Waals surface area (Å²) in [6.45, 7) is 14.6. The maximum atomic E-state index is 11.8. The molecule has 3 amide bonds. The molecule has 0 unspecified atom stereocenters. The van der Waals surface area contributed by atoms with Crippen molar-refractivity contribution in [3.63, 3.8) is 0 Å². The minimum atomic E-state index is -0.294. The van der Waals surface area contributed by atoms with Crippen molar-refractivity contribution in [3.8, 4) is 122 Å². The van der Waals surface area contributed by atoms with Crippen molar-refractivity contribution < 1.29 is 19.1 Å². The van der Waals surface area contributed by atoms with E-state index in [4.69, 9.17) is 39.1 Å². The van der Waals surface area contributed by atoms with Crippen LogP contribution in [-0.2, 0) is 33.2 Å². The summed E-state index contributed by atoms with van der Waals surface area (Å²) >= 11 is 0. The van der Waals surface area contributed by atoms with Gasteiger partial charge in [-0.15, -0.1) is 19.3 Å². The van der Waals surface area contributed by atoms with Gasteiger partial charge in [-0.25, -0.2) is 33.5 Å². The van der Waals surface area contributed by atoms with E-state index >= 15 is 0 Å². The first-order chi connectivity index (χ1) is 53.1. The van der Waals surface area contributed by atoms with E-state index in [1.54, 1.807) is 81.0 Å². The first kappa shape index (κ1) is 71.9. The fourth-order valence-corrected chi connectivity index (χ4v) is 14.1. The van der Waals surface area contributed by atoms with Gasteiger partial charge in [0.25, 0.3) is 17.7 Å². The molecule has 0 radical (unpaired) electrons. The molecule has 0 aliphatic carbocycles. The summed E-state index contributed by atoms with van der Waals surface area (Å²) < 4.78 is 16.3. The lowest BCUT2D eigenvalue weighted by molar-refractivity contribution is -0.126. The molecule has 0 N–H and O–H groups in total. The largest absolute Gasteiger partial charge is 0.366 e. The highest BCUT2D eigenvalue weighted by molar-refractivity contribution is 5.95. The molecule has 30 nitrogen and oxygen atoms in total. The first-order valence-corrected chi connectivity index (χ1v) is 35.5. The van der Waals surface area contributed by atoms with Crippen LogP contribution in [0.1, 0.15) is 48.1 Å². The van der Waals surface area contributed by atoms with Crippen molar-refractivity contribution >= 4 is 51.9 Å². The summed E-state index contributed by atoms with van der Waals surface area (Å²) in [5.41, 5.74) is 15.5. The number of hydrogen-bond acceptors (Lipinski definition) is 21. The highest BCUT2D eigenvalue weighted by Crippen LogP contribution is 2.37. The van der Waals surface area contributed by atoms with Crippen LogP contribution in [0.3, 0.4) is 0 Å². The van der Waals surface area contributed by atoms with Crippen LogP contribution >= 0.6 is 0 Å². The number of nitrogens with zero attached hydrogens (tertiary/aromatic N) is 26. The second kappa shape index (κ2) is 31.7. The number of amides is 3. The van der Waals surface area contributed by atoms with E-state index in [0.717, 1.165) is 128 Å². The van der Waals surface area contributed by atoms with Crippen molar-refractivity contribution in [1.29, 1.82) is 15.8 Å². The Kier molecular flexibility index (Phi) is 20.9. The molecule has 12 aromatic heterocycles.